The van der Waals surface area contributed by atoms with Crippen molar-refractivity contribution in [1.82, 2.24) is 0 Å². The molecule has 0 N–H and O–H groups in total. The van der Waals surface area contributed by atoms with Crippen LogP contribution >= 0.6 is 0 Å². The number of carbonyl (C=O) groups is 2. The van der Waals surface area contributed by atoms with Crippen LogP contribution in [-0.2, 0) is 23.2 Å². The maximum atomic E-state index is 13.4. The van der Waals surface area contributed by atoms with Crippen LogP contribution in [0.5, 0.6) is 0 Å². The molecule has 4 atom stereocenters. The zero-order valence-electron chi connectivity index (χ0n) is 28.0. The Morgan fingerprint density at radius 1 is 0.975 bits per heavy atom. The van der Waals surface area contributed by atoms with Crippen molar-refractivity contribution in [3.8, 4) is 0 Å². The van der Waals surface area contributed by atoms with Gasteiger partial charge in [0.2, 0.25) is 0 Å². The van der Waals surface area contributed by atoms with Gasteiger partial charge in [0.1, 0.15) is 5.78 Å². The third kappa shape index (κ3) is 11.7. The van der Waals surface area contributed by atoms with Crippen LogP contribution in [0.1, 0.15) is 106 Å². The highest BCUT2D eigenvalue weighted by atomic mass is 28.4. The second kappa shape index (κ2) is 16.0. The molecule has 1 fully saturated rings. The van der Waals surface area contributed by atoms with Crippen LogP contribution in [0.25, 0.3) is 0 Å². The highest BCUT2D eigenvalue weighted by Crippen LogP contribution is 2.43. The van der Waals surface area contributed by atoms with Gasteiger partial charge in [-0.3, -0.25) is 9.59 Å². The van der Waals surface area contributed by atoms with Gasteiger partial charge in [0, 0.05) is 24.7 Å². The predicted octanol–water partition coefficient (Wildman–Crippen LogP) is 9.40. The summed E-state index contributed by atoms with van der Waals surface area (Å²) >= 11 is 0. The fraction of sp³-hybridized carbons (Fsp3) is 0.818. The average Bonchev–Trinajstić information content (AvgIpc) is 3.10. The molecule has 0 amide bonds. The molecule has 0 aliphatic heterocycles. The van der Waals surface area contributed by atoms with Gasteiger partial charge in [-0.2, -0.15) is 0 Å². The molecule has 1 saturated carbocycles. The van der Waals surface area contributed by atoms with Crippen molar-refractivity contribution in [3.05, 3.63) is 24.3 Å². The van der Waals surface area contributed by atoms with Gasteiger partial charge in [0.25, 0.3) is 0 Å². The minimum atomic E-state index is -2.05. The van der Waals surface area contributed by atoms with E-state index in [1.54, 1.807) is 0 Å². The molecule has 0 bridgehead atoms. The topological polar surface area (TPSA) is 61.8 Å². The number of Topliss-reactive ketones (excluding diaryl/α,β-unsaturated/α-hetero) is 1. The summed E-state index contributed by atoms with van der Waals surface area (Å²) < 4.78 is 18.5. The molecule has 0 radical (unpaired) electrons. The van der Waals surface area contributed by atoms with Crippen molar-refractivity contribution in [3.63, 3.8) is 0 Å². The fourth-order valence-electron chi connectivity index (χ4n) is 4.61. The van der Waals surface area contributed by atoms with Gasteiger partial charge < -0.3 is 13.6 Å². The van der Waals surface area contributed by atoms with Gasteiger partial charge >= 0.3 is 5.97 Å². The van der Waals surface area contributed by atoms with Crippen molar-refractivity contribution in [2.24, 2.45) is 11.8 Å². The molecule has 0 aromatic carbocycles. The van der Waals surface area contributed by atoms with Crippen LogP contribution < -0.4 is 0 Å². The van der Waals surface area contributed by atoms with Crippen LogP contribution in [0.3, 0.4) is 0 Å². The van der Waals surface area contributed by atoms with Gasteiger partial charge in [0.05, 0.1) is 19.3 Å². The molecule has 0 heterocycles. The van der Waals surface area contributed by atoms with E-state index in [9.17, 15) is 9.59 Å². The summed E-state index contributed by atoms with van der Waals surface area (Å²) in [7, 11) is -2.58. The molecule has 0 aromatic rings. The molecule has 0 unspecified atom stereocenters. The maximum absolute atomic E-state index is 13.4. The van der Waals surface area contributed by atoms with Crippen LogP contribution in [0.15, 0.2) is 24.3 Å². The summed E-state index contributed by atoms with van der Waals surface area (Å²) in [5.41, 5.74) is 0. The summed E-state index contributed by atoms with van der Waals surface area (Å²) in [5, 5.41) is 0.221. The predicted molar refractivity (Wildman–Crippen MR) is 174 cm³/mol. The van der Waals surface area contributed by atoms with E-state index >= 15 is 0 Å². The lowest BCUT2D eigenvalue weighted by atomic mass is 9.90. The number of ether oxygens (including phenoxy) is 1. The van der Waals surface area contributed by atoms with E-state index in [1.165, 1.54) is 20.0 Å². The van der Waals surface area contributed by atoms with Gasteiger partial charge in [-0.25, -0.2) is 0 Å². The Hall–Kier alpha value is -1.03. The Morgan fingerprint density at radius 3 is 2.15 bits per heavy atom. The van der Waals surface area contributed by atoms with E-state index in [1.807, 2.05) is 0 Å². The molecule has 1 aliphatic carbocycles. The molecule has 0 spiro atoms. The number of methoxy groups -OCH3 is 1. The summed E-state index contributed by atoms with van der Waals surface area (Å²) in [6, 6.07) is 0. The Kier molecular flexibility index (Phi) is 14.8. The molecule has 0 aromatic heterocycles. The number of ketones is 1. The number of hydrogen-bond acceptors (Lipinski definition) is 5. The van der Waals surface area contributed by atoms with Crippen molar-refractivity contribution in [1.29, 1.82) is 0 Å². The molecular formula is C33H62O5Si2. The summed E-state index contributed by atoms with van der Waals surface area (Å²) in [5.74, 6) is 0.0686. The number of esters is 1. The Bertz CT molecular complexity index is 848. The second-order valence-corrected chi connectivity index (χ2v) is 24.3. The van der Waals surface area contributed by atoms with Gasteiger partial charge in [-0.05, 0) is 61.9 Å². The molecule has 1 rings (SSSR count). The molecule has 7 heteroatoms. The first-order valence-corrected chi connectivity index (χ1v) is 21.5. The van der Waals surface area contributed by atoms with Crippen LogP contribution in [0, 0.1) is 11.8 Å². The fourth-order valence-corrected chi connectivity index (χ4v) is 7.26. The van der Waals surface area contributed by atoms with Crippen LogP contribution in [0.4, 0.5) is 0 Å². The molecule has 0 saturated heterocycles. The number of allylic oxidation sites excluding steroid dienone is 2. The monoisotopic (exact) mass is 594 g/mol. The van der Waals surface area contributed by atoms with Crippen molar-refractivity contribution < 1.29 is 23.2 Å². The SMILES string of the molecule is CCCCC[C@@H](/C=C/[C@H]1[C@H](O[Si](C)(C)C(C)(C)C)CC(=O)[C@@H]1C/C=C\CCCC(=O)OC)O[Si](C)(C)C(C)(C)C. The largest absolute Gasteiger partial charge is 0.469 e. The van der Waals surface area contributed by atoms with Gasteiger partial charge in [-0.1, -0.05) is 92.0 Å². The normalized spacial score (nSPS) is 22.0. The highest BCUT2D eigenvalue weighted by Gasteiger charge is 2.47. The number of rotatable bonds is 16. The first-order chi connectivity index (χ1) is 18.4. The second-order valence-electron chi connectivity index (χ2n) is 14.7. The highest BCUT2D eigenvalue weighted by molar-refractivity contribution is 6.74. The lowest BCUT2D eigenvalue weighted by molar-refractivity contribution is -0.140. The number of unbranched alkanes of at least 4 members (excludes halogenated alkanes) is 3. The standard InChI is InChI=1S/C33H62O5Si2/c1-13-14-17-20-26(37-39(9,10)32(2,3)4)23-24-28-27(21-18-15-16-19-22-31(35)36-8)29(34)25-30(28)38-40(11,12)33(5,6)7/h15,18,23-24,26-28,30H,13-14,16-17,19-22,25H2,1-12H3/b18-15-,24-23+/t26-,27+,28+,30+/m0/s1. The van der Waals surface area contributed by atoms with Crippen molar-refractivity contribution in [2.75, 3.05) is 7.11 Å². The minimum absolute atomic E-state index is 0.0398. The Labute approximate surface area is 249 Å². The van der Waals surface area contributed by atoms with E-state index in [0.29, 0.717) is 25.0 Å². The van der Waals surface area contributed by atoms with E-state index in [0.717, 1.165) is 25.7 Å². The first kappa shape index (κ1) is 37.0. The average molecular weight is 595 g/mol. The lowest BCUT2D eigenvalue weighted by Gasteiger charge is -2.40. The lowest BCUT2D eigenvalue weighted by Crippen LogP contribution is -2.45. The van der Waals surface area contributed by atoms with Gasteiger partial charge in [-0.15, -0.1) is 0 Å². The van der Waals surface area contributed by atoms with Crippen molar-refractivity contribution >= 4 is 28.4 Å². The zero-order chi connectivity index (χ0) is 30.8. The molecule has 5 nitrogen and oxygen atoms in total. The van der Waals surface area contributed by atoms with E-state index < -0.39 is 16.6 Å². The van der Waals surface area contributed by atoms with Crippen molar-refractivity contribution in [2.45, 2.75) is 155 Å². The quantitative estimate of drug-likeness (QED) is 0.0771. The van der Waals surface area contributed by atoms with Gasteiger partial charge in [0.15, 0.2) is 16.6 Å². The first-order valence-electron chi connectivity index (χ1n) is 15.6. The zero-order valence-corrected chi connectivity index (χ0v) is 30.0. The van der Waals surface area contributed by atoms with E-state index in [4.69, 9.17) is 13.6 Å². The molecule has 40 heavy (non-hydrogen) atoms. The van der Waals surface area contributed by atoms with E-state index in [2.05, 4.69) is 99.0 Å². The molecule has 1 aliphatic rings. The molecule has 232 valence electrons. The maximum Gasteiger partial charge on any atom is 0.305 e. The third-order valence-corrected chi connectivity index (χ3v) is 18.4. The number of carbonyl (C=O) groups excluding carboxylic acids is 2. The summed E-state index contributed by atoms with van der Waals surface area (Å²) in [6.45, 7) is 25.1. The number of hydrogen-bond donors (Lipinski definition) is 0. The summed E-state index contributed by atoms with van der Waals surface area (Å²) in [4.78, 5) is 24.8. The van der Waals surface area contributed by atoms with Crippen LogP contribution in [0.2, 0.25) is 36.3 Å². The minimum Gasteiger partial charge on any atom is -0.469 e. The Morgan fingerprint density at radius 2 is 1.60 bits per heavy atom. The summed E-state index contributed by atoms with van der Waals surface area (Å²) in [6.07, 6.45) is 16.5. The Balaban J connectivity index is 3.21. The molecular weight excluding hydrogens is 533 g/mol. The van der Waals surface area contributed by atoms with Crippen LogP contribution in [-0.4, -0.2) is 47.7 Å². The van der Waals surface area contributed by atoms with E-state index in [-0.39, 0.29) is 40.1 Å². The third-order valence-electron chi connectivity index (χ3n) is 9.39. The smallest absolute Gasteiger partial charge is 0.305 e.